The fraction of sp³-hybridized carbons (Fsp3) is 0.478. The van der Waals surface area contributed by atoms with Crippen molar-refractivity contribution in [3.63, 3.8) is 0 Å². The van der Waals surface area contributed by atoms with Gasteiger partial charge in [0.15, 0.2) is 0 Å². The molecule has 0 aliphatic rings. The highest BCUT2D eigenvalue weighted by Gasteiger charge is 2.18. The van der Waals surface area contributed by atoms with Crippen LogP contribution < -0.4 is 10.6 Å². The van der Waals surface area contributed by atoms with E-state index in [1.54, 1.807) is 12.4 Å². The first-order chi connectivity index (χ1) is 15.8. The van der Waals surface area contributed by atoms with Crippen LogP contribution in [0.15, 0.2) is 12.4 Å². The van der Waals surface area contributed by atoms with Gasteiger partial charge in [-0.15, -0.1) is 0 Å². The van der Waals surface area contributed by atoms with E-state index in [9.17, 15) is 9.59 Å². The van der Waals surface area contributed by atoms with E-state index in [2.05, 4.69) is 20.6 Å². The summed E-state index contributed by atoms with van der Waals surface area (Å²) in [5.74, 6) is -0.778. The maximum absolute atomic E-state index is 11.9. The molecule has 2 aromatic rings. The number of aromatic nitrogens is 2. The summed E-state index contributed by atoms with van der Waals surface area (Å²) < 4.78 is 9.66. The SMILES string of the molecule is COC(=O)c1c(NC(=S)CCCCCCCC(=S)Nc2c[nH]c(C)c2C(=O)OC)c[nH]c1C. The van der Waals surface area contributed by atoms with Crippen molar-refractivity contribution >= 4 is 57.7 Å². The summed E-state index contributed by atoms with van der Waals surface area (Å²) in [4.78, 5) is 31.3. The highest BCUT2D eigenvalue weighted by molar-refractivity contribution is 7.80. The third-order valence-corrected chi connectivity index (χ3v) is 5.90. The normalized spacial score (nSPS) is 10.5. The lowest BCUT2D eigenvalue weighted by Gasteiger charge is -2.09. The predicted molar refractivity (Wildman–Crippen MR) is 138 cm³/mol. The molecule has 2 rings (SSSR count). The minimum absolute atomic E-state index is 0.389. The van der Waals surface area contributed by atoms with Crippen molar-refractivity contribution in [2.24, 2.45) is 0 Å². The Labute approximate surface area is 205 Å². The molecule has 0 amide bonds. The molecule has 2 aromatic heterocycles. The van der Waals surface area contributed by atoms with Crippen molar-refractivity contribution in [3.05, 3.63) is 34.9 Å². The van der Waals surface area contributed by atoms with Gasteiger partial charge in [-0.1, -0.05) is 43.7 Å². The van der Waals surface area contributed by atoms with Crippen molar-refractivity contribution in [1.29, 1.82) is 0 Å². The van der Waals surface area contributed by atoms with Gasteiger partial charge < -0.3 is 30.1 Å². The fourth-order valence-corrected chi connectivity index (χ4v) is 4.02. The number of unbranched alkanes of at least 4 members (excludes halogenated alkanes) is 4. The summed E-state index contributed by atoms with van der Waals surface area (Å²) in [6.45, 7) is 3.64. The van der Waals surface area contributed by atoms with Crippen LogP contribution in [0.2, 0.25) is 0 Å². The molecule has 4 N–H and O–H groups in total. The van der Waals surface area contributed by atoms with Crippen LogP contribution >= 0.6 is 24.4 Å². The Balaban J connectivity index is 1.63. The third kappa shape index (κ3) is 7.68. The number of rotatable bonds is 12. The second-order valence-electron chi connectivity index (χ2n) is 7.75. The molecule has 0 bridgehead atoms. The number of carbonyl (C=O) groups is 2. The molecule has 0 aliphatic heterocycles. The van der Waals surface area contributed by atoms with Crippen molar-refractivity contribution in [2.75, 3.05) is 24.9 Å². The van der Waals surface area contributed by atoms with E-state index in [1.807, 2.05) is 13.8 Å². The van der Waals surface area contributed by atoms with E-state index >= 15 is 0 Å². The van der Waals surface area contributed by atoms with Gasteiger partial charge in [-0.25, -0.2) is 9.59 Å². The molecule has 0 atom stereocenters. The number of aromatic amines is 2. The molecule has 0 aliphatic carbocycles. The first kappa shape index (κ1) is 26.5. The lowest BCUT2D eigenvalue weighted by atomic mass is 10.1. The quantitative estimate of drug-likeness (QED) is 0.176. The number of hydrogen-bond donors (Lipinski definition) is 4. The van der Waals surface area contributed by atoms with Crippen LogP contribution in [0.3, 0.4) is 0 Å². The van der Waals surface area contributed by atoms with E-state index < -0.39 is 0 Å². The summed E-state index contributed by atoms with van der Waals surface area (Å²) in [7, 11) is 2.72. The molecule has 180 valence electrons. The van der Waals surface area contributed by atoms with Gasteiger partial charge in [0.1, 0.15) is 11.1 Å². The number of methoxy groups -OCH3 is 2. The zero-order valence-corrected chi connectivity index (χ0v) is 21.2. The molecule has 0 saturated carbocycles. The van der Waals surface area contributed by atoms with Crippen molar-refractivity contribution in [1.82, 2.24) is 9.97 Å². The van der Waals surface area contributed by atoms with E-state index in [4.69, 9.17) is 33.9 Å². The summed E-state index contributed by atoms with van der Waals surface area (Å²) in [6.07, 6.45) is 10.1. The standard InChI is InChI=1S/C23H32N4O4S2/c1-14-20(22(28)30-3)16(12-24-14)26-18(32)10-8-6-5-7-9-11-19(33)27-17-13-25-15(2)21(17)23(29)31-4/h12-13,24-25H,5-11H2,1-4H3,(H,26,32)(H,27,33). The Bertz CT molecular complexity index is 918. The minimum Gasteiger partial charge on any atom is -0.465 e. The predicted octanol–water partition coefficient (Wildman–Crippen LogP) is 5.44. The van der Waals surface area contributed by atoms with Gasteiger partial charge >= 0.3 is 11.9 Å². The van der Waals surface area contributed by atoms with Crippen LogP contribution in [0.4, 0.5) is 11.4 Å². The van der Waals surface area contributed by atoms with Crippen molar-refractivity contribution < 1.29 is 19.1 Å². The molecule has 33 heavy (non-hydrogen) atoms. The number of anilines is 2. The maximum Gasteiger partial charge on any atom is 0.341 e. The highest BCUT2D eigenvalue weighted by atomic mass is 32.1. The Morgan fingerprint density at radius 2 is 1.12 bits per heavy atom. The monoisotopic (exact) mass is 492 g/mol. The van der Waals surface area contributed by atoms with E-state index in [-0.39, 0.29) is 11.9 Å². The Morgan fingerprint density at radius 3 is 1.48 bits per heavy atom. The summed E-state index contributed by atoms with van der Waals surface area (Å²) in [5, 5.41) is 6.29. The average Bonchev–Trinajstić information content (AvgIpc) is 3.33. The lowest BCUT2D eigenvalue weighted by molar-refractivity contribution is 0.0592. The van der Waals surface area contributed by atoms with Crippen LogP contribution in [0.5, 0.6) is 0 Å². The van der Waals surface area contributed by atoms with Crippen LogP contribution in [0, 0.1) is 13.8 Å². The van der Waals surface area contributed by atoms with Gasteiger partial charge in [0.2, 0.25) is 0 Å². The molecule has 8 nitrogen and oxygen atoms in total. The fourth-order valence-electron chi connectivity index (χ4n) is 3.51. The van der Waals surface area contributed by atoms with Crippen LogP contribution in [-0.2, 0) is 9.47 Å². The second-order valence-corrected chi connectivity index (χ2v) is 8.74. The highest BCUT2D eigenvalue weighted by Crippen LogP contribution is 2.22. The van der Waals surface area contributed by atoms with Gasteiger partial charge in [-0.3, -0.25) is 0 Å². The number of H-pyrrole nitrogens is 2. The second kappa shape index (κ2) is 13.1. The number of esters is 2. The number of carbonyl (C=O) groups excluding carboxylic acids is 2. The summed E-state index contributed by atoms with van der Waals surface area (Å²) in [6, 6.07) is 0. The Kier molecular flexibility index (Phi) is 10.5. The van der Waals surface area contributed by atoms with Gasteiger partial charge in [0.25, 0.3) is 0 Å². The number of hydrogen-bond acceptors (Lipinski definition) is 6. The maximum atomic E-state index is 11.9. The van der Waals surface area contributed by atoms with E-state index in [1.165, 1.54) is 14.2 Å². The largest absolute Gasteiger partial charge is 0.465 e. The van der Waals surface area contributed by atoms with Crippen molar-refractivity contribution in [3.8, 4) is 0 Å². The first-order valence-corrected chi connectivity index (χ1v) is 11.7. The molecule has 0 radical (unpaired) electrons. The van der Waals surface area contributed by atoms with Crippen molar-refractivity contribution in [2.45, 2.75) is 58.8 Å². The van der Waals surface area contributed by atoms with Crippen LogP contribution in [-0.4, -0.2) is 46.1 Å². The Hall–Kier alpha value is -2.72. The smallest absolute Gasteiger partial charge is 0.341 e. The zero-order valence-electron chi connectivity index (χ0n) is 19.6. The van der Waals surface area contributed by atoms with Gasteiger partial charge in [0, 0.05) is 23.8 Å². The first-order valence-electron chi connectivity index (χ1n) is 10.9. The van der Waals surface area contributed by atoms with Crippen LogP contribution in [0.1, 0.15) is 77.0 Å². The van der Waals surface area contributed by atoms with Gasteiger partial charge in [-0.05, 0) is 39.5 Å². The molecule has 0 spiro atoms. The zero-order chi connectivity index (χ0) is 24.4. The number of thiocarbonyl (C=S) groups is 2. The van der Waals surface area contributed by atoms with Gasteiger partial charge in [-0.2, -0.15) is 0 Å². The number of ether oxygens (including phenoxy) is 2. The number of aryl methyl sites for hydroxylation is 2. The minimum atomic E-state index is -0.389. The van der Waals surface area contributed by atoms with Gasteiger partial charge in [0.05, 0.1) is 35.6 Å². The molecule has 0 saturated heterocycles. The Morgan fingerprint density at radius 1 is 0.758 bits per heavy atom. The molecule has 0 aromatic carbocycles. The topological polar surface area (TPSA) is 108 Å². The molecule has 0 unspecified atom stereocenters. The average molecular weight is 493 g/mol. The summed E-state index contributed by atoms with van der Waals surface area (Å²) in [5.41, 5.74) is 3.76. The summed E-state index contributed by atoms with van der Waals surface area (Å²) >= 11 is 10.9. The van der Waals surface area contributed by atoms with Crippen LogP contribution in [0.25, 0.3) is 0 Å². The van der Waals surface area contributed by atoms with E-state index in [0.717, 1.165) is 56.3 Å². The molecular weight excluding hydrogens is 460 g/mol. The van der Waals surface area contributed by atoms with E-state index in [0.29, 0.717) is 32.5 Å². The molecule has 2 heterocycles. The number of nitrogens with one attached hydrogen (secondary N) is 4. The molecular formula is C23H32N4O4S2. The lowest BCUT2D eigenvalue weighted by Crippen LogP contribution is -2.12. The molecule has 10 heteroatoms. The third-order valence-electron chi connectivity index (χ3n) is 5.29. The molecule has 0 fully saturated rings.